The van der Waals surface area contributed by atoms with E-state index < -0.39 is 0 Å². The highest BCUT2D eigenvalue weighted by Gasteiger charge is 2.42. The van der Waals surface area contributed by atoms with Crippen molar-refractivity contribution in [2.24, 2.45) is 5.92 Å². The maximum Gasteiger partial charge on any atom is 0.186 e. The zero-order chi connectivity index (χ0) is 9.26. The molecular formula is C10H14O3. The van der Waals surface area contributed by atoms with Crippen LogP contribution in [0.25, 0.3) is 0 Å². The highest BCUT2D eigenvalue weighted by molar-refractivity contribution is 4.91. The van der Waals surface area contributed by atoms with Crippen molar-refractivity contribution in [1.82, 2.24) is 0 Å². The monoisotopic (exact) mass is 182 g/mol. The van der Waals surface area contributed by atoms with E-state index in [-0.39, 0.29) is 18.5 Å². The normalized spacial score (nSPS) is 39.8. The van der Waals surface area contributed by atoms with Gasteiger partial charge in [0.25, 0.3) is 0 Å². The molecule has 2 rings (SSSR count). The number of fused-ring (bicyclic) bond motifs is 1. The van der Waals surface area contributed by atoms with Gasteiger partial charge in [-0.2, -0.15) is 0 Å². The quantitative estimate of drug-likeness (QED) is 0.599. The zero-order valence-corrected chi connectivity index (χ0v) is 7.73. The van der Waals surface area contributed by atoms with Crippen LogP contribution in [0.2, 0.25) is 0 Å². The molecule has 0 spiro atoms. The molecule has 0 bridgehead atoms. The number of terminal acetylenes is 1. The van der Waals surface area contributed by atoms with Crippen molar-refractivity contribution in [3.63, 3.8) is 0 Å². The predicted octanol–water partition coefficient (Wildman–Crippen LogP) is 1.13. The average molecular weight is 182 g/mol. The Morgan fingerprint density at radius 1 is 1.54 bits per heavy atom. The van der Waals surface area contributed by atoms with Gasteiger partial charge in [-0.3, -0.25) is 0 Å². The Morgan fingerprint density at radius 2 is 2.38 bits per heavy atom. The molecule has 0 radical (unpaired) electrons. The van der Waals surface area contributed by atoms with Crippen LogP contribution in [0, 0.1) is 18.3 Å². The first-order chi connectivity index (χ1) is 6.31. The minimum Gasteiger partial charge on any atom is -0.347 e. The SMILES string of the molecule is C#CC[C@H](C)[C@@H]1C[C@H]2OCO[C@H]2O1. The summed E-state index contributed by atoms with van der Waals surface area (Å²) in [6.45, 7) is 2.47. The Bertz CT molecular complexity index is 209. The first kappa shape index (κ1) is 9.01. The van der Waals surface area contributed by atoms with Crippen LogP contribution >= 0.6 is 0 Å². The lowest BCUT2D eigenvalue weighted by molar-refractivity contribution is -0.126. The van der Waals surface area contributed by atoms with E-state index in [1.807, 2.05) is 0 Å². The molecule has 0 unspecified atom stereocenters. The van der Waals surface area contributed by atoms with Crippen LogP contribution in [0.3, 0.4) is 0 Å². The van der Waals surface area contributed by atoms with Gasteiger partial charge in [-0.1, -0.05) is 6.92 Å². The molecule has 2 aliphatic heterocycles. The average Bonchev–Trinajstić information content (AvgIpc) is 2.61. The molecule has 0 N–H and O–H groups in total. The predicted molar refractivity (Wildman–Crippen MR) is 46.7 cm³/mol. The minimum absolute atomic E-state index is 0.130. The van der Waals surface area contributed by atoms with Crippen LogP contribution < -0.4 is 0 Å². The summed E-state index contributed by atoms with van der Waals surface area (Å²) in [6.07, 6.45) is 7.09. The Hall–Kier alpha value is -0.560. The van der Waals surface area contributed by atoms with Crippen LogP contribution in [-0.4, -0.2) is 25.3 Å². The standard InChI is InChI=1S/C10H14O3/c1-3-4-7(2)8-5-9-10(13-8)12-6-11-9/h1,7-10H,4-6H2,2H3/t7-,8-,9+,10-/m0/s1. The first-order valence-electron chi connectivity index (χ1n) is 4.63. The Kier molecular flexibility index (Phi) is 2.54. The number of hydrogen-bond donors (Lipinski definition) is 0. The summed E-state index contributed by atoms with van der Waals surface area (Å²) < 4.78 is 16.2. The molecule has 72 valence electrons. The second-order valence-corrected chi connectivity index (χ2v) is 3.65. The van der Waals surface area contributed by atoms with Crippen molar-refractivity contribution in [2.45, 2.75) is 38.3 Å². The summed E-state index contributed by atoms with van der Waals surface area (Å²) in [5.41, 5.74) is 0. The van der Waals surface area contributed by atoms with Gasteiger partial charge < -0.3 is 14.2 Å². The van der Waals surface area contributed by atoms with E-state index in [4.69, 9.17) is 20.6 Å². The molecule has 0 aromatic rings. The number of rotatable bonds is 2. The third-order valence-corrected chi connectivity index (χ3v) is 2.67. The van der Waals surface area contributed by atoms with Gasteiger partial charge in [0.15, 0.2) is 13.1 Å². The summed E-state index contributed by atoms with van der Waals surface area (Å²) >= 11 is 0. The number of hydrogen-bond acceptors (Lipinski definition) is 3. The van der Waals surface area contributed by atoms with Gasteiger partial charge in [0, 0.05) is 12.8 Å². The van der Waals surface area contributed by atoms with Gasteiger partial charge in [0.1, 0.15) is 6.10 Å². The molecule has 2 heterocycles. The summed E-state index contributed by atoms with van der Waals surface area (Å²) in [4.78, 5) is 0. The van der Waals surface area contributed by atoms with Gasteiger partial charge in [0.05, 0.1) is 6.10 Å². The van der Waals surface area contributed by atoms with Crippen molar-refractivity contribution in [1.29, 1.82) is 0 Å². The largest absolute Gasteiger partial charge is 0.347 e. The third-order valence-electron chi connectivity index (χ3n) is 2.67. The molecule has 0 aliphatic carbocycles. The molecule has 0 saturated carbocycles. The van der Waals surface area contributed by atoms with Gasteiger partial charge in [0.2, 0.25) is 0 Å². The number of ether oxygens (including phenoxy) is 3. The van der Waals surface area contributed by atoms with Gasteiger partial charge in [-0.15, -0.1) is 12.3 Å². The summed E-state index contributed by atoms with van der Waals surface area (Å²) in [5.74, 6) is 3.04. The van der Waals surface area contributed by atoms with Crippen LogP contribution in [-0.2, 0) is 14.2 Å². The van der Waals surface area contributed by atoms with E-state index in [2.05, 4.69) is 12.8 Å². The van der Waals surface area contributed by atoms with Crippen molar-refractivity contribution in [2.75, 3.05) is 6.79 Å². The van der Waals surface area contributed by atoms with Gasteiger partial charge in [-0.05, 0) is 5.92 Å². The molecule has 4 atom stereocenters. The van der Waals surface area contributed by atoms with E-state index in [1.165, 1.54) is 0 Å². The Labute approximate surface area is 78.4 Å². The fraction of sp³-hybridized carbons (Fsp3) is 0.800. The molecule has 13 heavy (non-hydrogen) atoms. The topological polar surface area (TPSA) is 27.7 Å². The molecule has 0 aromatic heterocycles. The molecule has 2 aliphatic rings. The van der Waals surface area contributed by atoms with Gasteiger partial charge >= 0.3 is 0 Å². The molecular weight excluding hydrogens is 168 g/mol. The maximum atomic E-state index is 5.66. The van der Waals surface area contributed by atoms with E-state index in [1.54, 1.807) is 0 Å². The second kappa shape index (κ2) is 3.67. The van der Waals surface area contributed by atoms with Crippen molar-refractivity contribution in [3.8, 4) is 12.3 Å². The first-order valence-corrected chi connectivity index (χ1v) is 4.63. The smallest absolute Gasteiger partial charge is 0.186 e. The molecule has 3 nitrogen and oxygen atoms in total. The van der Waals surface area contributed by atoms with Crippen LogP contribution in [0.15, 0.2) is 0 Å². The Balaban J connectivity index is 1.88. The van der Waals surface area contributed by atoms with Gasteiger partial charge in [-0.25, -0.2) is 0 Å². The Morgan fingerprint density at radius 3 is 3.08 bits per heavy atom. The van der Waals surface area contributed by atoms with E-state index in [0.717, 1.165) is 12.8 Å². The van der Waals surface area contributed by atoms with Crippen LogP contribution in [0.1, 0.15) is 19.8 Å². The van der Waals surface area contributed by atoms with Crippen molar-refractivity contribution < 1.29 is 14.2 Å². The van der Waals surface area contributed by atoms with E-state index >= 15 is 0 Å². The molecule has 3 heteroatoms. The van der Waals surface area contributed by atoms with Crippen molar-refractivity contribution in [3.05, 3.63) is 0 Å². The zero-order valence-electron chi connectivity index (χ0n) is 7.73. The lowest BCUT2D eigenvalue weighted by Crippen LogP contribution is -2.19. The van der Waals surface area contributed by atoms with Crippen LogP contribution in [0.5, 0.6) is 0 Å². The summed E-state index contributed by atoms with van der Waals surface area (Å²) in [6, 6.07) is 0. The highest BCUT2D eigenvalue weighted by Crippen LogP contribution is 2.32. The highest BCUT2D eigenvalue weighted by atomic mass is 16.8. The molecule has 2 saturated heterocycles. The minimum atomic E-state index is -0.148. The second-order valence-electron chi connectivity index (χ2n) is 3.65. The lowest BCUT2D eigenvalue weighted by Gasteiger charge is -2.17. The maximum absolute atomic E-state index is 5.66. The molecule has 0 aromatic carbocycles. The third kappa shape index (κ3) is 1.71. The summed E-state index contributed by atoms with van der Waals surface area (Å²) in [5, 5.41) is 0. The fourth-order valence-corrected chi connectivity index (χ4v) is 1.83. The summed E-state index contributed by atoms with van der Waals surface area (Å²) in [7, 11) is 0. The van der Waals surface area contributed by atoms with Crippen molar-refractivity contribution >= 4 is 0 Å². The van der Waals surface area contributed by atoms with E-state index in [9.17, 15) is 0 Å². The molecule has 0 amide bonds. The molecule has 2 fully saturated rings. The lowest BCUT2D eigenvalue weighted by atomic mass is 9.98. The van der Waals surface area contributed by atoms with Crippen LogP contribution in [0.4, 0.5) is 0 Å². The van der Waals surface area contributed by atoms with E-state index in [0.29, 0.717) is 12.7 Å². The fourth-order valence-electron chi connectivity index (χ4n) is 1.83.